The van der Waals surface area contributed by atoms with E-state index in [1.807, 2.05) is 22.6 Å². The lowest BCUT2D eigenvalue weighted by Crippen LogP contribution is -2.31. The van der Waals surface area contributed by atoms with E-state index in [1.165, 1.54) is 13.1 Å². The minimum atomic E-state index is -3.37. The van der Waals surface area contributed by atoms with Gasteiger partial charge in [0.15, 0.2) is 0 Å². The summed E-state index contributed by atoms with van der Waals surface area (Å²) in [6.45, 7) is 0. The molecule has 0 N–H and O–H groups in total. The summed E-state index contributed by atoms with van der Waals surface area (Å²) in [5.74, 6) is -4.53. The van der Waals surface area contributed by atoms with E-state index in [0.29, 0.717) is 9.26 Å². The standard InChI is InChI=1S/C9H6F2INO/c1-13-6-4-2-3-5(12)7(6)9(10,11)8(13)14/h2-4H,1H3. The van der Waals surface area contributed by atoms with Crippen molar-refractivity contribution in [2.45, 2.75) is 5.92 Å². The third-order valence-electron chi connectivity index (χ3n) is 2.24. The number of benzene rings is 1. The Morgan fingerprint density at radius 3 is 2.64 bits per heavy atom. The zero-order valence-electron chi connectivity index (χ0n) is 7.22. The molecule has 0 saturated carbocycles. The highest BCUT2D eigenvalue weighted by molar-refractivity contribution is 14.1. The van der Waals surface area contributed by atoms with E-state index in [0.717, 1.165) is 4.90 Å². The van der Waals surface area contributed by atoms with Gasteiger partial charge < -0.3 is 4.90 Å². The third kappa shape index (κ3) is 1.08. The summed E-state index contributed by atoms with van der Waals surface area (Å²) in [6.07, 6.45) is 0. The summed E-state index contributed by atoms with van der Waals surface area (Å²) in [5, 5.41) is 0. The Bertz CT molecular complexity index is 419. The highest BCUT2D eigenvalue weighted by Crippen LogP contribution is 2.45. The molecule has 0 atom stereocenters. The Morgan fingerprint density at radius 2 is 2.07 bits per heavy atom. The van der Waals surface area contributed by atoms with Crippen molar-refractivity contribution in [2.24, 2.45) is 0 Å². The van der Waals surface area contributed by atoms with Gasteiger partial charge in [-0.1, -0.05) is 6.07 Å². The predicted octanol–water partition coefficient (Wildman–Crippen LogP) is 2.36. The summed E-state index contributed by atoms with van der Waals surface area (Å²) >= 11 is 1.81. The Balaban J connectivity index is 2.75. The molecule has 1 aliphatic rings. The number of carbonyl (C=O) groups excluding carboxylic acids is 1. The highest BCUT2D eigenvalue weighted by Gasteiger charge is 2.52. The van der Waals surface area contributed by atoms with Crippen molar-refractivity contribution in [3.8, 4) is 0 Å². The number of hydrogen-bond acceptors (Lipinski definition) is 1. The van der Waals surface area contributed by atoms with E-state index in [2.05, 4.69) is 0 Å². The summed E-state index contributed by atoms with van der Waals surface area (Å²) in [5.41, 5.74) is 0.125. The molecule has 2 rings (SSSR count). The fourth-order valence-electron chi connectivity index (χ4n) is 1.53. The van der Waals surface area contributed by atoms with Gasteiger partial charge in [0.05, 0.1) is 11.3 Å². The average Bonchev–Trinajstić information content (AvgIpc) is 2.29. The van der Waals surface area contributed by atoms with E-state index >= 15 is 0 Å². The molecule has 1 aromatic rings. The van der Waals surface area contributed by atoms with E-state index < -0.39 is 11.8 Å². The number of fused-ring (bicyclic) bond motifs is 1. The van der Waals surface area contributed by atoms with Crippen molar-refractivity contribution in [3.05, 3.63) is 27.3 Å². The van der Waals surface area contributed by atoms with Crippen molar-refractivity contribution >= 4 is 34.2 Å². The first-order valence-electron chi connectivity index (χ1n) is 3.91. The Hall–Kier alpha value is -0.720. The number of hydrogen-bond donors (Lipinski definition) is 0. The molecule has 0 bridgehead atoms. The Labute approximate surface area is 93.0 Å². The lowest BCUT2D eigenvalue weighted by Gasteiger charge is -2.08. The van der Waals surface area contributed by atoms with Gasteiger partial charge in [-0.25, -0.2) is 0 Å². The number of halogens is 3. The maximum Gasteiger partial charge on any atom is 0.353 e. The molecule has 1 aliphatic heterocycles. The molecule has 0 fully saturated rings. The van der Waals surface area contributed by atoms with E-state index in [4.69, 9.17) is 0 Å². The molecule has 0 saturated heterocycles. The van der Waals surface area contributed by atoms with Gasteiger partial charge in [0.25, 0.3) is 0 Å². The lowest BCUT2D eigenvalue weighted by atomic mass is 10.1. The first-order valence-corrected chi connectivity index (χ1v) is 4.99. The molecular weight excluding hydrogens is 303 g/mol. The van der Waals surface area contributed by atoms with Crippen molar-refractivity contribution in [2.75, 3.05) is 11.9 Å². The van der Waals surface area contributed by atoms with Crippen LogP contribution in [0.4, 0.5) is 14.5 Å². The van der Waals surface area contributed by atoms with Crippen LogP contribution in [0.25, 0.3) is 0 Å². The number of anilines is 1. The van der Waals surface area contributed by atoms with Crippen molar-refractivity contribution < 1.29 is 13.6 Å². The van der Waals surface area contributed by atoms with Crippen LogP contribution in [-0.4, -0.2) is 13.0 Å². The van der Waals surface area contributed by atoms with Crippen LogP contribution in [0.5, 0.6) is 0 Å². The molecule has 14 heavy (non-hydrogen) atoms. The third-order valence-corrected chi connectivity index (χ3v) is 3.14. The van der Waals surface area contributed by atoms with Crippen LogP contribution in [0.2, 0.25) is 0 Å². The second kappa shape index (κ2) is 2.88. The number of likely N-dealkylation sites (N-methyl/N-ethyl adjacent to an activating group) is 1. The molecule has 0 unspecified atom stereocenters. The molecule has 2 nitrogen and oxygen atoms in total. The van der Waals surface area contributed by atoms with Gasteiger partial charge in [0, 0.05) is 10.6 Å². The van der Waals surface area contributed by atoms with Crippen LogP contribution < -0.4 is 4.90 Å². The first-order chi connectivity index (χ1) is 6.46. The second-order valence-electron chi connectivity index (χ2n) is 3.07. The second-order valence-corrected chi connectivity index (χ2v) is 4.23. The first kappa shape index (κ1) is 9.82. The fraction of sp³-hybridized carbons (Fsp3) is 0.222. The van der Waals surface area contributed by atoms with Crippen LogP contribution in [0.3, 0.4) is 0 Å². The number of nitrogens with zero attached hydrogens (tertiary/aromatic N) is 1. The summed E-state index contributed by atoms with van der Waals surface area (Å²) in [7, 11) is 1.36. The van der Waals surface area contributed by atoms with Gasteiger partial charge in [-0.3, -0.25) is 4.79 Å². The number of carbonyl (C=O) groups is 1. The van der Waals surface area contributed by atoms with E-state index in [1.54, 1.807) is 12.1 Å². The van der Waals surface area contributed by atoms with Crippen molar-refractivity contribution in [3.63, 3.8) is 0 Å². The average molecular weight is 309 g/mol. The van der Waals surface area contributed by atoms with Gasteiger partial charge >= 0.3 is 11.8 Å². The SMILES string of the molecule is CN1C(=O)C(F)(F)c2c(I)cccc21. The maximum atomic E-state index is 13.4. The normalized spacial score (nSPS) is 18.6. The maximum absolute atomic E-state index is 13.4. The summed E-state index contributed by atoms with van der Waals surface area (Å²) < 4.78 is 27.3. The minimum Gasteiger partial charge on any atom is -0.309 e. The van der Waals surface area contributed by atoms with Crippen LogP contribution in [0.15, 0.2) is 18.2 Å². The van der Waals surface area contributed by atoms with Gasteiger partial charge in [-0.05, 0) is 34.7 Å². The Morgan fingerprint density at radius 1 is 1.43 bits per heavy atom. The van der Waals surface area contributed by atoms with Crippen molar-refractivity contribution in [1.29, 1.82) is 0 Å². The lowest BCUT2D eigenvalue weighted by molar-refractivity contribution is -0.141. The van der Waals surface area contributed by atoms with Gasteiger partial charge in [0.1, 0.15) is 0 Å². The van der Waals surface area contributed by atoms with Gasteiger partial charge in [-0.15, -0.1) is 0 Å². The van der Waals surface area contributed by atoms with Crippen LogP contribution in [0, 0.1) is 3.57 Å². The summed E-state index contributed by atoms with van der Waals surface area (Å²) in [6, 6.07) is 4.75. The molecule has 0 aromatic heterocycles. The van der Waals surface area contributed by atoms with E-state index in [9.17, 15) is 13.6 Å². The van der Waals surface area contributed by atoms with Crippen LogP contribution in [0.1, 0.15) is 5.56 Å². The zero-order valence-corrected chi connectivity index (χ0v) is 9.38. The summed E-state index contributed by atoms with van der Waals surface area (Å²) in [4.78, 5) is 12.2. The molecule has 1 amide bonds. The molecule has 0 spiro atoms. The van der Waals surface area contributed by atoms with Crippen LogP contribution >= 0.6 is 22.6 Å². The molecular formula is C9H6F2INO. The highest BCUT2D eigenvalue weighted by atomic mass is 127. The quantitative estimate of drug-likeness (QED) is 0.674. The van der Waals surface area contributed by atoms with Gasteiger partial charge in [0.2, 0.25) is 0 Å². The van der Waals surface area contributed by atoms with Crippen LogP contribution in [-0.2, 0) is 10.7 Å². The fourth-order valence-corrected chi connectivity index (χ4v) is 2.35. The minimum absolute atomic E-state index is 0.173. The zero-order chi connectivity index (χ0) is 10.5. The molecule has 5 heteroatoms. The number of rotatable bonds is 0. The van der Waals surface area contributed by atoms with E-state index in [-0.39, 0.29) is 5.56 Å². The largest absolute Gasteiger partial charge is 0.353 e. The monoisotopic (exact) mass is 309 g/mol. The molecule has 1 aromatic carbocycles. The number of amides is 1. The number of alkyl halides is 2. The molecule has 1 heterocycles. The topological polar surface area (TPSA) is 20.3 Å². The molecule has 0 aliphatic carbocycles. The molecule has 74 valence electrons. The molecule has 0 radical (unpaired) electrons. The van der Waals surface area contributed by atoms with Crippen molar-refractivity contribution in [1.82, 2.24) is 0 Å². The van der Waals surface area contributed by atoms with Gasteiger partial charge in [-0.2, -0.15) is 8.78 Å². The smallest absolute Gasteiger partial charge is 0.309 e. The Kier molecular flexibility index (Phi) is 2.02. The predicted molar refractivity (Wildman–Crippen MR) is 56.5 cm³/mol.